The molecule has 0 aliphatic rings. The second-order valence-electron chi connectivity index (χ2n) is 3.71. The van der Waals surface area contributed by atoms with Crippen molar-refractivity contribution >= 4 is 27.9 Å². The van der Waals surface area contributed by atoms with Crippen molar-refractivity contribution in [1.82, 2.24) is 0 Å². The zero-order valence-corrected chi connectivity index (χ0v) is 10.7. The normalized spacial score (nSPS) is 12.1. The fourth-order valence-corrected chi connectivity index (χ4v) is 2.45. The molecule has 0 radical (unpaired) electrons. The van der Waals surface area contributed by atoms with Gasteiger partial charge < -0.3 is 15.8 Å². The number of benzene rings is 1. The van der Waals surface area contributed by atoms with Crippen LogP contribution in [0.15, 0.2) is 42.5 Å². The molecule has 1 amide bonds. The van der Waals surface area contributed by atoms with Crippen molar-refractivity contribution in [2.24, 2.45) is 0 Å². The molecule has 1 aromatic carbocycles. The second-order valence-corrected chi connectivity index (χ2v) is 4.86. The van der Waals surface area contributed by atoms with Crippen LogP contribution in [0.4, 0.5) is 10.7 Å². The summed E-state index contributed by atoms with van der Waals surface area (Å²) < 4.78 is 5.23. The number of carbonyl (C=O) groups excluding carboxylic acids is 1. The molecule has 4 nitrogen and oxygen atoms in total. The minimum atomic E-state index is -0.632. The van der Waals surface area contributed by atoms with Gasteiger partial charge in [-0.05, 0) is 24.3 Å². The molecule has 18 heavy (non-hydrogen) atoms. The van der Waals surface area contributed by atoms with Crippen LogP contribution in [0.5, 0.6) is 0 Å². The first-order chi connectivity index (χ1) is 8.70. The molecule has 0 saturated carbocycles. The van der Waals surface area contributed by atoms with Gasteiger partial charge in [-0.15, -0.1) is 11.3 Å². The SMILES string of the molecule is COC(C(=O)Nc1ccccc1)c1ccc(N)s1. The van der Waals surface area contributed by atoms with E-state index in [1.807, 2.05) is 30.3 Å². The van der Waals surface area contributed by atoms with Crippen molar-refractivity contribution in [3.63, 3.8) is 0 Å². The summed E-state index contributed by atoms with van der Waals surface area (Å²) in [7, 11) is 1.51. The van der Waals surface area contributed by atoms with Crippen molar-refractivity contribution < 1.29 is 9.53 Å². The van der Waals surface area contributed by atoms with E-state index in [4.69, 9.17) is 10.5 Å². The lowest BCUT2D eigenvalue weighted by Crippen LogP contribution is -2.21. The molecule has 3 N–H and O–H groups in total. The smallest absolute Gasteiger partial charge is 0.258 e. The lowest BCUT2D eigenvalue weighted by atomic mass is 10.2. The molecule has 0 saturated heterocycles. The van der Waals surface area contributed by atoms with Gasteiger partial charge in [0.2, 0.25) is 0 Å². The number of anilines is 2. The van der Waals surface area contributed by atoms with Crippen LogP contribution < -0.4 is 11.1 Å². The third kappa shape index (κ3) is 2.88. The van der Waals surface area contributed by atoms with Crippen LogP contribution in [0, 0.1) is 0 Å². The lowest BCUT2D eigenvalue weighted by Gasteiger charge is -2.13. The van der Waals surface area contributed by atoms with Gasteiger partial charge in [0.05, 0.1) is 5.00 Å². The fraction of sp³-hybridized carbons (Fsp3) is 0.154. The summed E-state index contributed by atoms with van der Waals surface area (Å²) in [6.07, 6.45) is -0.632. The van der Waals surface area contributed by atoms with Gasteiger partial charge in [0.1, 0.15) is 0 Å². The second kappa shape index (κ2) is 5.66. The molecular weight excluding hydrogens is 248 g/mol. The minimum absolute atomic E-state index is 0.203. The number of ether oxygens (including phenoxy) is 1. The maximum Gasteiger partial charge on any atom is 0.258 e. The maximum atomic E-state index is 12.1. The van der Waals surface area contributed by atoms with Crippen LogP contribution >= 0.6 is 11.3 Å². The van der Waals surface area contributed by atoms with E-state index in [9.17, 15) is 4.79 Å². The van der Waals surface area contributed by atoms with Crippen molar-refractivity contribution in [2.45, 2.75) is 6.10 Å². The summed E-state index contributed by atoms with van der Waals surface area (Å²) in [5.41, 5.74) is 6.40. The largest absolute Gasteiger partial charge is 0.391 e. The third-order valence-electron chi connectivity index (χ3n) is 2.42. The van der Waals surface area contributed by atoms with Gasteiger partial charge >= 0.3 is 0 Å². The number of nitrogen functional groups attached to an aromatic ring is 1. The average Bonchev–Trinajstić information content (AvgIpc) is 2.78. The Morgan fingerprint density at radius 2 is 2.00 bits per heavy atom. The van der Waals surface area contributed by atoms with Crippen molar-refractivity contribution in [3.8, 4) is 0 Å². The van der Waals surface area contributed by atoms with E-state index in [2.05, 4.69) is 5.32 Å². The van der Waals surface area contributed by atoms with Gasteiger partial charge in [0, 0.05) is 17.7 Å². The van der Waals surface area contributed by atoms with Gasteiger partial charge in [-0.3, -0.25) is 4.79 Å². The number of hydrogen-bond donors (Lipinski definition) is 2. The highest BCUT2D eigenvalue weighted by Gasteiger charge is 2.21. The summed E-state index contributed by atoms with van der Waals surface area (Å²) in [6.45, 7) is 0. The molecule has 0 bridgehead atoms. The highest BCUT2D eigenvalue weighted by molar-refractivity contribution is 7.16. The van der Waals surface area contributed by atoms with Crippen molar-refractivity contribution in [3.05, 3.63) is 47.3 Å². The first-order valence-electron chi connectivity index (χ1n) is 5.44. The zero-order chi connectivity index (χ0) is 13.0. The first kappa shape index (κ1) is 12.6. The van der Waals surface area contributed by atoms with Crippen molar-refractivity contribution in [2.75, 3.05) is 18.2 Å². The summed E-state index contributed by atoms with van der Waals surface area (Å²) in [5, 5.41) is 3.47. The van der Waals surface area contributed by atoms with E-state index in [1.54, 1.807) is 12.1 Å². The third-order valence-corrected chi connectivity index (χ3v) is 3.38. The Kier molecular flexibility index (Phi) is 3.96. The van der Waals surface area contributed by atoms with Gasteiger partial charge in [0.15, 0.2) is 6.10 Å². The predicted octanol–water partition coefficient (Wildman–Crippen LogP) is 2.66. The number of para-hydroxylation sites is 1. The highest BCUT2D eigenvalue weighted by atomic mass is 32.1. The van der Waals surface area contributed by atoms with Gasteiger partial charge in [-0.25, -0.2) is 0 Å². The Hall–Kier alpha value is -1.85. The molecule has 1 heterocycles. The Balaban J connectivity index is 2.11. The topological polar surface area (TPSA) is 64.3 Å². The maximum absolute atomic E-state index is 12.1. The van der Waals surface area contributed by atoms with Crippen LogP contribution in [0.25, 0.3) is 0 Å². The number of nitrogens with one attached hydrogen (secondary N) is 1. The van der Waals surface area contributed by atoms with Gasteiger partial charge in [-0.2, -0.15) is 0 Å². The Bertz CT molecular complexity index is 525. The highest BCUT2D eigenvalue weighted by Crippen LogP contribution is 2.28. The van der Waals surface area contributed by atoms with Crippen LogP contribution in [-0.2, 0) is 9.53 Å². The molecule has 2 aromatic rings. The predicted molar refractivity (Wildman–Crippen MR) is 73.6 cm³/mol. The number of carbonyl (C=O) groups is 1. The quantitative estimate of drug-likeness (QED) is 0.890. The van der Waals surface area contributed by atoms with Crippen molar-refractivity contribution in [1.29, 1.82) is 0 Å². The van der Waals surface area contributed by atoms with Crippen LogP contribution in [0.2, 0.25) is 0 Å². The number of hydrogen-bond acceptors (Lipinski definition) is 4. The van der Waals surface area contributed by atoms with E-state index in [1.165, 1.54) is 18.4 Å². The molecule has 0 aliphatic heterocycles. The molecular formula is C13H14N2O2S. The number of methoxy groups -OCH3 is 1. The standard InChI is InChI=1S/C13H14N2O2S/c1-17-12(10-7-8-11(14)18-10)13(16)15-9-5-3-2-4-6-9/h2-8,12H,14H2,1H3,(H,15,16). The number of thiophene rings is 1. The van der Waals surface area contributed by atoms with Gasteiger partial charge in [-0.1, -0.05) is 18.2 Å². The van der Waals surface area contributed by atoms with E-state index in [0.717, 1.165) is 10.6 Å². The number of rotatable bonds is 4. The zero-order valence-electron chi connectivity index (χ0n) is 9.92. The first-order valence-corrected chi connectivity index (χ1v) is 6.26. The van der Waals surface area contributed by atoms with Crippen LogP contribution in [0.1, 0.15) is 11.0 Å². The summed E-state index contributed by atoms with van der Waals surface area (Å²) in [5.74, 6) is -0.203. The summed E-state index contributed by atoms with van der Waals surface area (Å²) >= 11 is 1.35. The van der Waals surface area contributed by atoms with Crippen LogP contribution in [0.3, 0.4) is 0 Å². The van der Waals surface area contributed by atoms with E-state index in [0.29, 0.717) is 5.00 Å². The molecule has 0 spiro atoms. The van der Waals surface area contributed by atoms with E-state index >= 15 is 0 Å². The molecule has 2 rings (SSSR count). The number of amides is 1. The number of nitrogens with two attached hydrogens (primary N) is 1. The minimum Gasteiger partial charge on any atom is -0.391 e. The fourth-order valence-electron chi connectivity index (χ4n) is 1.59. The lowest BCUT2D eigenvalue weighted by molar-refractivity contribution is -0.125. The molecule has 1 aromatic heterocycles. The summed E-state index contributed by atoms with van der Waals surface area (Å²) in [6, 6.07) is 12.8. The van der Waals surface area contributed by atoms with E-state index in [-0.39, 0.29) is 5.91 Å². The molecule has 5 heteroatoms. The summed E-state index contributed by atoms with van der Waals surface area (Å²) in [4.78, 5) is 12.9. The average molecular weight is 262 g/mol. The molecule has 0 aliphatic carbocycles. The molecule has 1 atom stereocenters. The van der Waals surface area contributed by atoms with Gasteiger partial charge in [0.25, 0.3) is 5.91 Å². The monoisotopic (exact) mass is 262 g/mol. The van der Waals surface area contributed by atoms with Crippen LogP contribution in [-0.4, -0.2) is 13.0 Å². The molecule has 1 unspecified atom stereocenters. The Morgan fingerprint density at radius 3 is 2.56 bits per heavy atom. The van der Waals surface area contributed by atoms with E-state index < -0.39 is 6.10 Å². The molecule has 94 valence electrons. The molecule has 0 fully saturated rings. The Labute approximate surface area is 109 Å². The Morgan fingerprint density at radius 1 is 1.28 bits per heavy atom.